The Morgan fingerprint density at radius 1 is 0.373 bits per heavy atom. The fourth-order valence-corrected chi connectivity index (χ4v) is 15.3. The van der Waals surface area contributed by atoms with Gasteiger partial charge in [-0.05, 0) is 183 Å². The average molecular weight is 1080 g/mol. The molecule has 0 spiro atoms. The molecule has 0 amide bonds. The topological polar surface area (TPSA) is 14.7 Å². The van der Waals surface area contributed by atoms with Gasteiger partial charge in [-0.1, -0.05) is 206 Å². The number of aromatic nitrogens is 1. The van der Waals surface area contributed by atoms with E-state index in [1.165, 1.54) is 137 Å². The SMILES string of the molecule is CC1CC2CC(C)N(c3ccc4c(c3)N(c3ccc(-c5ccccc5)cc3)c3cc(-n5c6ccccc6c6ccccc65)cc5c3B4c3cc(-c4ccc(C(C)(C)C)cc4)ccc3N5c3ccc(-c4ccc(C(C)(C)C)cc4)cc3)C(C1)C2. The van der Waals surface area contributed by atoms with Gasteiger partial charge in [-0.15, -0.1) is 0 Å². The van der Waals surface area contributed by atoms with E-state index in [1.54, 1.807) is 0 Å². The van der Waals surface area contributed by atoms with Crippen LogP contribution in [0, 0.1) is 11.8 Å². The number of benzene rings is 10. The number of para-hydroxylation sites is 2. The van der Waals surface area contributed by atoms with Crippen LogP contribution in [-0.2, 0) is 10.8 Å². The van der Waals surface area contributed by atoms with Crippen LogP contribution in [0.4, 0.5) is 39.8 Å². The van der Waals surface area contributed by atoms with E-state index < -0.39 is 0 Å². The van der Waals surface area contributed by atoms with E-state index in [2.05, 4.69) is 299 Å². The van der Waals surface area contributed by atoms with Crippen LogP contribution in [0.25, 0.3) is 60.9 Å². The predicted octanol–water partition coefficient (Wildman–Crippen LogP) is 18.9. The van der Waals surface area contributed by atoms with Gasteiger partial charge in [0.25, 0.3) is 6.71 Å². The molecule has 408 valence electrons. The molecule has 11 aromatic rings. The predicted molar refractivity (Wildman–Crippen MR) is 355 cm³/mol. The third kappa shape index (κ3) is 8.72. The Kier molecular flexibility index (Phi) is 12.1. The highest BCUT2D eigenvalue weighted by molar-refractivity contribution is 7.00. The Morgan fingerprint density at radius 2 is 0.843 bits per heavy atom. The van der Waals surface area contributed by atoms with Gasteiger partial charge in [0.2, 0.25) is 0 Å². The summed E-state index contributed by atoms with van der Waals surface area (Å²) in [4.78, 5) is 8.06. The Hall–Kier alpha value is -8.54. The van der Waals surface area contributed by atoms with Crippen molar-refractivity contribution in [2.24, 2.45) is 11.8 Å². The molecule has 2 bridgehead atoms. The largest absolute Gasteiger partial charge is 0.366 e. The third-order valence-electron chi connectivity index (χ3n) is 19.3. The highest BCUT2D eigenvalue weighted by atomic mass is 15.2. The lowest BCUT2D eigenvalue weighted by Gasteiger charge is -2.51. The second-order valence-electron chi connectivity index (χ2n) is 26.8. The van der Waals surface area contributed by atoms with Gasteiger partial charge >= 0.3 is 0 Å². The van der Waals surface area contributed by atoms with Crippen molar-refractivity contribution in [1.82, 2.24) is 4.57 Å². The molecular weight excluding hydrogens is 1000 g/mol. The maximum Gasteiger partial charge on any atom is 0.252 e. The number of piperidine rings is 1. The van der Waals surface area contributed by atoms with Crippen LogP contribution in [0.1, 0.15) is 92.2 Å². The Labute approximate surface area is 491 Å². The van der Waals surface area contributed by atoms with E-state index in [-0.39, 0.29) is 17.5 Å². The van der Waals surface area contributed by atoms with Crippen molar-refractivity contribution in [3.8, 4) is 39.1 Å². The van der Waals surface area contributed by atoms with Crippen molar-refractivity contribution in [2.45, 2.75) is 104 Å². The molecule has 15 rings (SSSR count). The summed E-state index contributed by atoms with van der Waals surface area (Å²) in [6, 6.07) is 87.0. The van der Waals surface area contributed by atoms with Crippen LogP contribution >= 0.6 is 0 Å². The zero-order valence-corrected chi connectivity index (χ0v) is 49.4. The molecule has 4 aliphatic rings. The van der Waals surface area contributed by atoms with Gasteiger partial charge < -0.3 is 19.3 Å². The van der Waals surface area contributed by atoms with Gasteiger partial charge in [-0.2, -0.15) is 0 Å². The smallest absolute Gasteiger partial charge is 0.252 e. The summed E-state index contributed by atoms with van der Waals surface area (Å²) in [6.07, 6.45) is 5.12. The molecule has 4 nitrogen and oxygen atoms in total. The Bertz CT molecular complexity index is 4220. The number of rotatable bonds is 7. The molecule has 1 saturated heterocycles. The van der Waals surface area contributed by atoms with Gasteiger partial charge in [-0.25, -0.2) is 0 Å². The maximum atomic E-state index is 2.83. The minimum Gasteiger partial charge on any atom is -0.366 e. The van der Waals surface area contributed by atoms with Gasteiger partial charge in [0, 0.05) is 62.7 Å². The second-order valence-corrected chi connectivity index (χ2v) is 26.8. The zero-order chi connectivity index (χ0) is 56.5. The third-order valence-corrected chi connectivity index (χ3v) is 19.3. The standard InChI is InChI=1S/C78H73BN4/c1-50-42-52-44-51(2)80(64(43-50)45-52)63-39-40-68-73(47-63)82(62-37-26-55(27-38-62)53-16-10-9-11-17-53)75-49-65(83-70-20-14-12-18-66(70)67-19-13-15-21-71(67)83)48-74-76(75)79(68)69-46-58(57-24-33-60(34-25-57)78(6,7)8)30-41-72(69)81(74)61-35-28-56(29-36-61)54-22-31-59(32-23-54)77(3,4)5/h9-41,46-52,64H,42-45H2,1-8H3. The number of hydrogen-bond donors (Lipinski definition) is 0. The highest BCUT2D eigenvalue weighted by Crippen LogP contribution is 2.50. The minimum absolute atomic E-state index is 0.0554. The van der Waals surface area contributed by atoms with Crippen molar-refractivity contribution >= 4 is 84.7 Å². The summed E-state index contributed by atoms with van der Waals surface area (Å²) in [5.41, 5.74) is 26.0. The first-order valence-electron chi connectivity index (χ1n) is 30.5. The Balaban J connectivity index is 1.01. The summed E-state index contributed by atoms with van der Waals surface area (Å²) < 4.78 is 2.53. The van der Waals surface area contributed by atoms with Crippen LogP contribution < -0.4 is 31.1 Å². The summed E-state index contributed by atoms with van der Waals surface area (Å²) in [6.45, 7) is 18.7. The molecule has 10 aromatic carbocycles. The molecule has 1 aliphatic carbocycles. The molecule has 2 fully saturated rings. The lowest BCUT2D eigenvalue weighted by Crippen LogP contribution is -2.61. The van der Waals surface area contributed by atoms with Crippen molar-refractivity contribution < 1.29 is 0 Å². The first-order chi connectivity index (χ1) is 40.2. The fourth-order valence-electron chi connectivity index (χ4n) is 15.3. The summed E-state index contributed by atoms with van der Waals surface area (Å²) in [5.74, 6) is 1.53. The lowest BCUT2D eigenvalue weighted by molar-refractivity contribution is 0.179. The number of anilines is 7. The van der Waals surface area contributed by atoms with E-state index in [4.69, 9.17) is 0 Å². The van der Waals surface area contributed by atoms with Crippen molar-refractivity contribution in [2.75, 3.05) is 14.7 Å². The van der Waals surface area contributed by atoms with Crippen molar-refractivity contribution in [1.29, 1.82) is 0 Å². The Morgan fingerprint density at radius 3 is 1.41 bits per heavy atom. The van der Waals surface area contributed by atoms with Gasteiger partial charge in [0.1, 0.15) is 0 Å². The minimum atomic E-state index is -0.0744. The molecule has 1 saturated carbocycles. The molecular formula is C78H73BN4. The highest BCUT2D eigenvalue weighted by Gasteiger charge is 2.45. The van der Waals surface area contributed by atoms with Gasteiger partial charge in [-0.3, -0.25) is 0 Å². The fraction of sp³-hybridized carbons (Fsp3) is 0.231. The van der Waals surface area contributed by atoms with Gasteiger partial charge in [0.05, 0.1) is 16.7 Å². The van der Waals surface area contributed by atoms with Crippen molar-refractivity contribution in [3.63, 3.8) is 0 Å². The summed E-state index contributed by atoms with van der Waals surface area (Å²) in [7, 11) is 0. The van der Waals surface area contributed by atoms with Crippen LogP contribution in [0.3, 0.4) is 0 Å². The van der Waals surface area contributed by atoms with E-state index in [0.717, 1.165) is 28.9 Å². The first-order valence-corrected chi connectivity index (χ1v) is 30.5. The average Bonchev–Trinajstić information content (AvgIpc) is 2.17. The summed E-state index contributed by atoms with van der Waals surface area (Å²) >= 11 is 0. The van der Waals surface area contributed by atoms with Crippen molar-refractivity contribution in [3.05, 3.63) is 236 Å². The molecule has 83 heavy (non-hydrogen) atoms. The molecule has 0 N–H and O–H groups in total. The number of fused-ring (bicyclic) bond motifs is 9. The van der Waals surface area contributed by atoms with E-state index in [9.17, 15) is 0 Å². The zero-order valence-electron chi connectivity index (χ0n) is 49.4. The molecule has 3 aliphatic heterocycles. The molecule has 4 unspecified atom stereocenters. The quantitative estimate of drug-likeness (QED) is 0.148. The monoisotopic (exact) mass is 1080 g/mol. The molecule has 4 heterocycles. The van der Waals surface area contributed by atoms with Crippen LogP contribution in [0.2, 0.25) is 0 Å². The first kappa shape index (κ1) is 51.4. The van der Waals surface area contributed by atoms with E-state index in [0.29, 0.717) is 12.1 Å². The normalized spacial score (nSPS) is 18.3. The summed E-state index contributed by atoms with van der Waals surface area (Å²) in [5, 5.41) is 2.50. The lowest BCUT2D eigenvalue weighted by atomic mass is 9.33. The van der Waals surface area contributed by atoms with E-state index >= 15 is 0 Å². The molecule has 4 atom stereocenters. The number of nitrogens with zero attached hydrogens (tertiary/aromatic N) is 4. The number of hydrogen-bond acceptors (Lipinski definition) is 3. The van der Waals surface area contributed by atoms with Crippen LogP contribution in [-0.4, -0.2) is 23.4 Å². The molecule has 5 heteroatoms. The molecule has 1 aromatic heterocycles. The second kappa shape index (κ2) is 19.6. The maximum absolute atomic E-state index is 2.83. The van der Waals surface area contributed by atoms with E-state index in [1.807, 2.05) is 0 Å². The van der Waals surface area contributed by atoms with Crippen LogP contribution in [0.15, 0.2) is 224 Å². The molecule has 0 radical (unpaired) electrons. The van der Waals surface area contributed by atoms with Gasteiger partial charge in [0.15, 0.2) is 0 Å². The van der Waals surface area contributed by atoms with Crippen LogP contribution in [0.5, 0.6) is 0 Å².